The number of thiazole rings is 1. The van der Waals surface area contributed by atoms with E-state index in [0.717, 1.165) is 24.0 Å². The minimum atomic E-state index is 0.420. The van der Waals surface area contributed by atoms with E-state index in [1.807, 2.05) is 0 Å². The van der Waals surface area contributed by atoms with Crippen LogP contribution in [-0.4, -0.2) is 36.6 Å². The highest BCUT2D eigenvalue weighted by Gasteiger charge is 2.30. The third-order valence-corrected chi connectivity index (χ3v) is 4.85. The molecule has 2 rings (SSSR count). The molecule has 0 saturated carbocycles. The first kappa shape index (κ1) is 14.3. The molecule has 1 saturated heterocycles. The van der Waals surface area contributed by atoms with Crippen LogP contribution in [0.2, 0.25) is 4.34 Å². The van der Waals surface area contributed by atoms with Crippen LogP contribution in [0.1, 0.15) is 37.2 Å². The van der Waals surface area contributed by atoms with E-state index in [0.29, 0.717) is 12.0 Å². The Morgan fingerprint density at radius 1 is 1.56 bits per heavy atom. The second-order valence-corrected chi connectivity index (χ2v) is 6.69. The molecule has 0 radical (unpaired) electrons. The summed E-state index contributed by atoms with van der Waals surface area (Å²) in [5.41, 5.74) is 0. The van der Waals surface area contributed by atoms with Crippen LogP contribution in [-0.2, 0) is 0 Å². The van der Waals surface area contributed by atoms with Gasteiger partial charge in [0.05, 0.1) is 12.2 Å². The molecule has 1 aliphatic heterocycles. The molecular weight excluding hydrogens is 266 g/mol. The zero-order valence-corrected chi connectivity index (χ0v) is 12.7. The zero-order valence-electron chi connectivity index (χ0n) is 11.2. The maximum absolute atomic E-state index is 6.04. The minimum Gasteiger partial charge on any atom is -0.317 e. The summed E-state index contributed by atoms with van der Waals surface area (Å²) in [5, 5.41) is 4.66. The molecule has 0 spiro atoms. The molecule has 1 aromatic heterocycles. The molecule has 2 atom stereocenters. The number of hydrogen-bond donors (Lipinski definition) is 1. The number of nitrogens with zero attached hydrogens (tertiary/aromatic N) is 2. The van der Waals surface area contributed by atoms with E-state index in [-0.39, 0.29) is 0 Å². The van der Waals surface area contributed by atoms with Gasteiger partial charge in [0.2, 0.25) is 0 Å². The monoisotopic (exact) mass is 287 g/mol. The molecule has 2 heterocycles. The lowest BCUT2D eigenvalue weighted by Crippen LogP contribution is -2.34. The average molecular weight is 288 g/mol. The summed E-state index contributed by atoms with van der Waals surface area (Å²) in [6, 6.07) is 0.420. The normalized spacial score (nSPS) is 26.2. The van der Waals surface area contributed by atoms with E-state index in [1.54, 1.807) is 17.5 Å². The molecule has 1 N–H and O–H groups in total. The van der Waals surface area contributed by atoms with Gasteiger partial charge in [0.15, 0.2) is 0 Å². The van der Waals surface area contributed by atoms with Crippen LogP contribution in [0.5, 0.6) is 0 Å². The van der Waals surface area contributed by atoms with Crippen LogP contribution in [0, 0.1) is 5.92 Å². The molecule has 5 heteroatoms. The minimum absolute atomic E-state index is 0.420. The number of likely N-dealkylation sites (tertiary alicyclic amines) is 1. The molecule has 18 heavy (non-hydrogen) atoms. The average Bonchev–Trinajstić information content (AvgIpc) is 2.68. The molecule has 102 valence electrons. The maximum atomic E-state index is 6.04. The largest absolute Gasteiger partial charge is 0.317 e. The van der Waals surface area contributed by atoms with Crippen molar-refractivity contribution >= 4 is 22.9 Å². The van der Waals surface area contributed by atoms with Gasteiger partial charge in [-0.1, -0.05) is 24.9 Å². The molecule has 0 bridgehead atoms. The molecule has 1 aromatic rings. The summed E-state index contributed by atoms with van der Waals surface area (Å²) in [4.78, 5) is 6.96. The maximum Gasteiger partial charge on any atom is 0.113 e. The quantitative estimate of drug-likeness (QED) is 0.922. The predicted molar refractivity (Wildman–Crippen MR) is 78.4 cm³/mol. The van der Waals surface area contributed by atoms with Gasteiger partial charge in [-0.15, -0.1) is 11.3 Å². The van der Waals surface area contributed by atoms with Gasteiger partial charge in [0.1, 0.15) is 9.34 Å². The summed E-state index contributed by atoms with van der Waals surface area (Å²) in [6.07, 6.45) is 5.66. The van der Waals surface area contributed by atoms with Crippen LogP contribution in [0.4, 0.5) is 0 Å². The highest BCUT2D eigenvalue weighted by molar-refractivity contribution is 7.15. The van der Waals surface area contributed by atoms with Gasteiger partial charge in [-0.05, 0) is 45.4 Å². The van der Waals surface area contributed by atoms with Crippen molar-refractivity contribution in [3.05, 3.63) is 15.5 Å². The van der Waals surface area contributed by atoms with E-state index >= 15 is 0 Å². The standard InChI is InChI=1S/C13H22ClN3S/c1-3-15-8-10-6-4-5-7-17(2)12(10)13-16-9-11(14)18-13/h9-10,12,15H,3-8H2,1-2H3. The molecule has 0 aromatic carbocycles. The summed E-state index contributed by atoms with van der Waals surface area (Å²) in [7, 11) is 2.21. The van der Waals surface area contributed by atoms with Crippen molar-refractivity contribution < 1.29 is 0 Å². The van der Waals surface area contributed by atoms with E-state index in [9.17, 15) is 0 Å². The summed E-state index contributed by atoms with van der Waals surface area (Å²) in [5.74, 6) is 0.639. The number of hydrogen-bond acceptors (Lipinski definition) is 4. The van der Waals surface area contributed by atoms with Gasteiger partial charge in [0.25, 0.3) is 0 Å². The van der Waals surface area contributed by atoms with E-state index in [4.69, 9.17) is 11.6 Å². The zero-order chi connectivity index (χ0) is 13.0. The number of halogens is 1. The van der Waals surface area contributed by atoms with Gasteiger partial charge in [-0.3, -0.25) is 4.90 Å². The topological polar surface area (TPSA) is 28.2 Å². The van der Waals surface area contributed by atoms with Gasteiger partial charge >= 0.3 is 0 Å². The first-order valence-electron chi connectivity index (χ1n) is 6.74. The van der Waals surface area contributed by atoms with Crippen molar-refractivity contribution in [2.24, 2.45) is 5.92 Å². The lowest BCUT2D eigenvalue weighted by atomic mass is 9.95. The predicted octanol–water partition coefficient (Wildman–Crippen LogP) is 3.18. The number of aromatic nitrogens is 1. The van der Waals surface area contributed by atoms with Crippen molar-refractivity contribution in [1.29, 1.82) is 0 Å². The smallest absolute Gasteiger partial charge is 0.113 e. The SMILES string of the molecule is CCNCC1CCCCN(C)C1c1ncc(Cl)s1. The first-order chi connectivity index (χ1) is 8.72. The fourth-order valence-electron chi connectivity index (χ4n) is 2.76. The molecule has 3 nitrogen and oxygen atoms in total. The fourth-order valence-corrected chi connectivity index (χ4v) is 3.95. The van der Waals surface area contributed by atoms with Crippen molar-refractivity contribution in [1.82, 2.24) is 15.2 Å². The van der Waals surface area contributed by atoms with Crippen molar-refractivity contribution in [3.8, 4) is 0 Å². The van der Waals surface area contributed by atoms with Gasteiger partial charge in [-0.25, -0.2) is 4.98 Å². The van der Waals surface area contributed by atoms with E-state index in [2.05, 4.69) is 29.2 Å². The third kappa shape index (κ3) is 3.44. The van der Waals surface area contributed by atoms with Gasteiger partial charge in [-0.2, -0.15) is 0 Å². The van der Waals surface area contributed by atoms with E-state index in [1.165, 1.54) is 24.3 Å². The Balaban J connectivity index is 2.17. The molecule has 1 aliphatic rings. The number of nitrogens with one attached hydrogen (secondary N) is 1. The number of rotatable bonds is 4. The van der Waals surface area contributed by atoms with Gasteiger partial charge in [0, 0.05) is 0 Å². The fraction of sp³-hybridized carbons (Fsp3) is 0.769. The van der Waals surface area contributed by atoms with Crippen LogP contribution >= 0.6 is 22.9 Å². The van der Waals surface area contributed by atoms with Crippen molar-refractivity contribution in [3.63, 3.8) is 0 Å². The summed E-state index contributed by atoms with van der Waals surface area (Å²) < 4.78 is 0.796. The second-order valence-electron chi connectivity index (χ2n) is 4.99. The van der Waals surface area contributed by atoms with Crippen molar-refractivity contribution in [2.75, 3.05) is 26.7 Å². The molecule has 0 aliphatic carbocycles. The summed E-state index contributed by atoms with van der Waals surface area (Å²) >= 11 is 7.67. The second kappa shape index (κ2) is 6.85. The Morgan fingerprint density at radius 2 is 2.39 bits per heavy atom. The van der Waals surface area contributed by atoms with Crippen LogP contribution in [0.3, 0.4) is 0 Å². The van der Waals surface area contributed by atoms with E-state index < -0.39 is 0 Å². The molecule has 2 unspecified atom stereocenters. The van der Waals surface area contributed by atoms with Crippen LogP contribution in [0.15, 0.2) is 6.20 Å². The molecule has 0 amide bonds. The lowest BCUT2D eigenvalue weighted by molar-refractivity contribution is 0.189. The van der Waals surface area contributed by atoms with Gasteiger partial charge < -0.3 is 5.32 Å². The Labute approximate surface area is 119 Å². The third-order valence-electron chi connectivity index (χ3n) is 3.66. The Bertz CT molecular complexity index is 369. The van der Waals surface area contributed by atoms with Crippen LogP contribution < -0.4 is 5.32 Å². The highest BCUT2D eigenvalue weighted by Crippen LogP contribution is 2.36. The first-order valence-corrected chi connectivity index (χ1v) is 7.94. The Kier molecular flexibility index (Phi) is 5.42. The van der Waals surface area contributed by atoms with Crippen molar-refractivity contribution in [2.45, 2.75) is 32.2 Å². The highest BCUT2D eigenvalue weighted by atomic mass is 35.5. The van der Waals surface area contributed by atoms with Crippen LogP contribution in [0.25, 0.3) is 0 Å². The Morgan fingerprint density at radius 3 is 3.06 bits per heavy atom. The Hall–Kier alpha value is -0.160. The summed E-state index contributed by atoms with van der Waals surface area (Å²) in [6.45, 7) is 5.43. The lowest BCUT2D eigenvalue weighted by Gasteiger charge is -2.30. The molecule has 1 fully saturated rings. The molecular formula is C13H22ClN3S.